The number of ketones is 1. The molecule has 0 heterocycles. The smallest absolute Gasteiger partial charge is 0.163 e. The Kier molecular flexibility index (Phi) is 2.62. The summed E-state index contributed by atoms with van der Waals surface area (Å²) in [6.45, 7) is 0. The molecule has 0 unspecified atom stereocenters. The van der Waals surface area contributed by atoms with E-state index >= 15 is 0 Å². The fourth-order valence-electron chi connectivity index (χ4n) is 1.50. The van der Waals surface area contributed by atoms with Crippen LogP contribution in [0.3, 0.4) is 0 Å². The summed E-state index contributed by atoms with van der Waals surface area (Å²) < 4.78 is 0. The van der Waals surface area contributed by atoms with Gasteiger partial charge < -0.3 is 0 Å². The van der Waals surface area contributed by atoms with Crippen LogP contribution in [-0.4, -0.2) is 5.78 Å². The van der Waals surface area contributed by atoms with Gasteiger partial charge in [-0.1, -0.05) is 35.4 Å². The highest BCUT2D eigenvalue weighted by molar-refractivity contribution is 6.42. The van der Waals surface area contributed by atoms with E-state index < -0.39 is 0 Å². The predicted octanol–water partition coefficient (Wildman–Crippen LogP) is 3.98. The number of carbonyl (C=O) groups excluding carboxylic acids is 1. The van der Waals surface area contributed by atoms with E-state index in [0.29, 0.717) is 22.0 Å². The zero-order valence-electron chi connectivity index (χ0n) is 7.39. The first kappa shape index (κ1) is 9.75. The lowest BCUT2D eigenvalue weighted by Gasteiger charge is -2.04. The first-order valence-electron chi connectivity index (χ1n) is 4.37. The number of hydrogen-bond donors (Lipinski definition) is 0. The van der Waals surface area contributed by atoms with Gasteiger partial charge in [-0.25, -0.2) is 0 Å². The monoisotopic (exact) mass is 226 g/mol. The van der Waals surface area contributed by atoms with Crippen LogP contribution in [0.15, 0.2) is 18.2 Å². The van der Waals surface area contributed by atoms with Crippen LogP contribution in [0.5, 0.6) is 0 Å². The van der Waals surface area contributed by atoms with Gasteiger partial charge in [0.1, 0.15) is 0 Å². The number of halogens is 2. The highest BCUT2D eigenvalue weighted by Crippen LogP contribution is 2.29. The van der Waals surface area contributed by atoms with Crippen molar-refractivity contribution < 1.29 is 4.79 Å². The highest BCUT2D eigenvalue weighted by atomic mass is 35.5. The van der Waals surface area contributed by atoms with Crippen molar-refractivity contribution in [3.8, 4) is 0 Å². The minimum Gasteiger partial charge on any atom is -0.294 e. The molecule has 0 saturated carbocycles. The van der Waals surface area contributed by atoms with Crippen LogP contribution in [0, 0.1) is 0 Å². The van der Waals surface area contributed by atoms with E-state index in [9.17, 15) is 4.79 Å². The lowest BCUT2D eigenvalue weighted by atomic mass is 10.0. The number of hydrogen-bond acceptors (Lipinski definition) is 1. The summed E-state index contributed by atoms with van der Waals surface area (Å²) in [7, 11) is 0. The van der Waals surface area contributed by atoms with Gasteiger partial charge in [0.05, 0.1) is 10.0 Å². The van der Waals surface area contributed by atoms with Crippen molar-refractivity contribution in [2.45, 2.75) is 12.8 Å². The molecule has 1 aromatic carbocycles. The number of fused-ring (bicyclic) bond motifs is 1. The van der Waals surface area contributed by atoms with Crippen molar-refractivity contribution in [3.05, 3.63) is 39.4 Å². The van der Waals surface area contributed by atoms with Gasteiger partial charge in [-0.05, 0) is 24.1 Å². The molecule has 2 rings (SSSR count). The molecule has 0 aliphatic heterocycles. The third-order valence-electron chi connectivity index (χ3n) is 2.23. The summed E-state index contributed by atoms with van der Waals surface area (Å²) in [6.07, 6.45) is 5.22. The topological polar surface area (TPSA) is 17.1 Å². The van der Waals surface area contributed by atoms with Gasteiger partial charge >= 0.3 is 0 Å². The maximum Gasteiger partial charge on any atom is 0.163 e. The molecule has 1 nitrogen and oxygen atoms in total. The molecule has 1 aliphatic rings. The molecule has 0 spiro atoms. The normalized spacial score (nSPS) is 15.1. The number of Topliss-reactive ketones (excluding diaryl/α,β-unsaturated/α-hetero) is 1. The average molecular weight is 227 g/mol. The van der Waals surface area contributed by atoms with Crippen molar-refractivity contribution in [2.75, 3.05) is 0 Å². The number of rotatable bonds is 0. The van der Waals surface area contributed by atoms with E-state index in [-0.39, 0.29) is 5.78 Å². The summed E-state index contributed by atoms with van der Waals surface area (Å²) in [5.74, 6) is 0.128. The van der Waals surface area contributed by atoms with Crippen LogP contribution in [0.25, 0.3) is 6.08 Å². The van der Waals surface area contributed by atoms with Crippen LogP contribution < -0.4 is 0 Å². The predicted molar refractivity (Wildman–Crippen MR) is 59.1 cm³/mol. The van der Waals surface area contributed by atoms with E-state index in [4.69, 9.17) is 23.2 Å². The second kappa shape index (κ2) is 3.76. The van der Waals surface area contributed by atoms with Gasteiger partial charge in [0.2, 0.25) is 0 Å². The minimum atomic E-state index is 0.128. The van der Waals surface area contributed by atoms with Gasteiger partial charge in [0, 0.05) is 12.0 Å². The first-order chi connectivity index (χ1) is 6.68. The Morgan fingerprint density at radius 1 is 1.14 bits per heavy atom. The van der Waals surface area contributed by atoms with Crippen LogP contribution in [0.4, 0.5) is 0 Å². The molecule has 0 saturated heterocycles. The second-order valence-electron chi connectivity index (χ2n) is 3.22. The molecule has 1 aromatic rings. The van der Waals surface area contributed by atoms with E-state index in [1.807, 2.05) is 12.2 Å². The summed E-state index contributed by atoms with van der Waals surface area (Å²) in [5, 5.41) is 0.929. The molecule has 0 amide bonds. The molecule has 0 N–H and O–H groups in total. The molecular weight excluding hydrogens is 219 g/mol. The molecule has 72 valence electrons. The van der Waals surface area contributed by atoms with E-state index in [0.717, 1.165) is 12.0 Å². The fourth-order valence-corrected chi connectivity index (χ4v) is 1.84. The Balaban J connectivity index is 2.63. The summed E-state index contributed by atoms with van der Waals surface area (Å²) in [6, 6.07) is 3.39. The van der Waals surface area contributed by atoms with Gasteiger partial charge in [-0.15, -0.1) is 0 Å². The molecular formula is C11H8Cl2O. The van der Waals surface area contributed by atoms with Crippen LogP contribution in [0.1, 0.15) is 28.8 Å². The van der Waals surface area contributed by atoms with Crippen LogP contribution >= 0.6 is 23.2 Å². The summed E-state index contributed by atoms with van der Waals surface area (Å²) >= 11 is 11.7. The number of benzene rings is 1. The van der Waals surface area contributed by atoms with E-state index in [2.05, 4.69) is 0 Å². The Morgan fingerprint density at radius 2 is 1.86 bits per heavy atom. The summed E-state index contributed by atoms with van der Waals surface area (Å²) in [4.78, 5) is 11.6. The van der Waals surface area contributed by atoms with Crippen molar-refractivity contribution in [2.24, 2.45) is 0 Å². The van der Waals surface area contributed by atoms with Crippen LogP contribution in [-0.2, 0) is 0 Å². The maximum absolute atomic E-state index is 11.6. The van der Waals surface area contributed by atoms with Gasteiger partial charge in [0.25, 0.3) is 0 Å². The molecule has 0 atom stereocenters. The lowest BCUT2D eigenvalue weighted by molar-refractivity contribution is 0.0984. The molecule has 0 bridgehead atoms. The number of allylic oxidation sites excluding steroid dienone is 1. The van der Waals surface area contributed by atoms with Crippen molar-refractivity contribution in [3.63, 3.8) is 0 Å². The lowest BCUT2D eigenvalue weighted by Crippen LogP contribution is -1.99. The summed E-state index contributed by atoms with van der Waals surface area (Å²) in [5.41, 5.74) is 1.54. The largest absolute Gasteiger partial charge is 0.294 e. The van der Waals surface area contributed by atoms with E-state index in [1.165, 1.54) is 0 Å². The Labute approximate surface area is 92.3 Å². The highest BCUT2D eigenvalue weighted by Gasteiger charge is 2.14. The second-order valence-corrected chi connectivity index (χ2v) is 4.03. The Bertz CT molecular complexity index is 422. The Hall–Kier alpha value is -0.790. The van der Waals surface area contributed by atoms with Crippen molar-refractivity contribution in [1.82, 2.24) is 0 Å². The van der Waals surface area contributed by atoms with Crippen molar-refractivity contribution >= 4 is 35.1 Å². The number of carbonyl (C=O) groups is 1. The SMILES string of the molecule is O=C1CCC=Cc2cc(Cl)c(Cl)cc21. The van der Waals surface area contributed by atoms with Crippen molar-refractivity contribution in [1.29, 1.82) is 0 Å². The maximum atomic E-state index is 11.6. The minimum absolute atomic E-state index is 0.128. The first-order valence-corrected chi connectivity index (χ1v) is 5.13. The van der Waals surface area contributed by atoms with Gasteiger partial charge in [-0.3, -0.25) is 4.79 Å². The third-order valence-corrected chi connectivity index (χ3v) is 2.95. The zero-order chi connectivity index (χ0) is 10.1. The standard InChI is InChI=1S/C11H8Cl2O/c12-9-5-7-3-1-2-4-11(14)8(7)6-10(9)13/h1,3,5-6H,2,4H2. The molecule has 0 aromatic heterocycles. The average Bonchev–Trinajstić information content (AvgIpc) is 2.31. The quantitative estimate of drug-likeness (QED) is 0.655. The van der Waals surface area contributed by atoms with E-state index in [1.54, 1.807) is 12.1 Å². The molecule has 0 fully saturated rings. The fraction of sp³-hybridized carbons (Fsp3) is 0.182. The molecule has 3 heteroatoms. The van der Waals surface area contributed by atoms with Gasteiger partial charge in [-0.2, -0.15) is 0 Å². The third kappa shape index (κ3) is 1.70. The van der Waals surface area contributed by atoms with Gasteiger partial charge in [0.15, 0.2) is 5.78 Å². The molecule has 1 aliphatic carbocycles. The molecule has 14 heavy (non-hydrogen) atoms. The zero-order valence-corrected chi connectivity index (χ0v) is 8.90. The Morgan fingerprint density at radius 3 is 2.64 bits per heavy atom. The van der Waals surface area contributed by atoms with Crippen LogP contribution in [0.2, 0.25) is 10.0 Å². The molecule has 0 radical (unpaired) electrons.